The Morgan fingerprint density at radius 3 is 2.63 bits per heavy atom. The summed E-state index contributed by atoms with van der Waals surface area (Å²) in [6, 6.07) is 6.46. The van der Waals surface area contributed by atoms with Crippen molar-refractivity contribution >= 4 is 28.3 Å². The van der Waals surface area contributed by atoms with Crippen LogP contribution in [0.2, 0.25) is 0 Å². The van der Waals surface area contributed by atoms with Crippen molar-refractivity contribution in [3.05, 3.63) is 40.9 Å². The molecule has 0 radical (unpaired) electrons. The van der Waals surface area contributed by atoms with Crippen molar-refractivity contribution in [3.8, 4) is 5.75 Å². The van der Waals surface area contributed by atoms with Gasteiger partial charge in [0.05, 0.1) is 17.8 Å². The summed E-state index contributed by atoms with van der Waals surface area (Å²) in [7, 11) is 3.92. The number of para-hydroxylation sites is 1. The highest BCUT2D eigenvalue weighted by atomic mass is 32.1. The Kier molecular flexibility index (Phi) is 7.87. The van der Waals surface area contributed by atoms with Crippen molar-refractivity contribution < 1.29 is 9.90 Å². The number of guanidine groups is 1. The van der Waals surface area contributed by atoms with Gasteiger partial charge in [-0.05, 0) is 19.1 Å². The molecule has 0 aliphatic carbocycles. The Bertz CT molecular complexity index is 775. The average molecular weight is 391 g/mol. The number of rotatable bonds is 8. The summed E-state index contributed by atoms with van der Waals surface area (Å²) >= 11 is 1.58. The van der Waals surface area contributed by atoms with Crippen molar-refractivity contribution in [2.75, 3.05) is 38.6 Å². The van der Waals surface area contributed by atoms with Gasteiger partial charge in [-0.15, -0.1) is 11.3 Å². The average Bonchev–Trinajstić information content (AvgIpc) is 3.12. The highest BCUT2D eigenvalue weighted by molar-refractivity contribution is 7.13. The number of phenolic OH excluding ortho intramolecular Hbond substituents is 1. The number of anilines is 1. The van der Waals surface area contributed by atoms with E-state index in [-0.39, 0.29) is 17.2 Å². The third kappa shape index (κ3) is 6.45. The van der Waals surface area contributed by atoms with Crippen molar-refractivity contribution in [3.63, 3.8) is 0 Å². The van der Waals surface area contributed by atoms with Crippen LogP contribution < -0.4 is 20.9 Å². The smallest absolute Gasteiger partial charge is 0.255 e. The van der Waals surface area contributed by atoms with Crippen LogP contribution in [0.1, 0.15) is 23.0 Å². The lowest BCUT2D eigenvalue weighted by Crippen LogP contribution is -2.41. The van der Waals surface area contributed by atoms with Crippen molar-refractivity contribution in [2.24, 2.45) is 4.99 Å². The number of aliphatic imine (C=N–C) groups is 1. The molecule has 0 saturated carbocycles. The Hall–Kier alpha value is -2.81. The van der Waals surface area contributed by atoms with E-state index < -0.39 is 0 Å². The Labute approximate surface area is 163 Å². The number of carbonyl (C=O) groups is 1. The minimum Gasteiger partial charge on any atom is -0.507 e. The van der Waals surface area contributed by atoms with Crippen molar-refractivity contribution in [1.29, 1.82) is 0 Å². The van der Waals surface area contributed by atoms with E-state index in [9.17, 15) is 9.90 Å². The number of nitrogens with zero attached hydrogens (tertiary/aromatic N) is 3. The minimum atomic E-state index is -0.310. The highest BCUT2D eigenvalue weighted by Gasteiger charge is 2.09. The first-order chi connectivity index (χ1) is 13.0. The molecule has 4 N–H and O–H groups in total. The molecule has 0 bridgehead atoms. The van der Waals surface area contributed by atoms with Gasteiger partial charge in [-0.3, -0.25) is 4.79 Å². The molecule has 8 nitrogen and oxygen atoms in total. The molecule has 2 rings (SSSR count). The lowest BCUT2D eigenvalue weighted by Gasteiger charge is -2.12. The zero-order valence-corrected chi connectivity index (χ0v) is 16.6. The van der Waals surface area contributed by atoms with E-state index in [1.165, 1.54) is 6.07 Å². The number of amides is 1. The number of phenols is 1. The monoisotopic (exact) mass is 390 g/mol. The van der Waals surface area contributed by atoms with Gasteiger partial charge in [0.1, 0.15) is 5.75 Å². The van der Waals surface area contributed by atoms with Gasteiger partial charge >= 0.3 is 0 Å². The predicted octanol–water partition coefficient (Wildman–Crippen LogP) is 1.40. The minimum absolute atomic E-state index is 0.0294. The second-order valence-corrected chi connectivity index (χ2v) is 6.75. The van der Waals surface area contributed by atoms with Gasteiger partial charge in [-0.25, -0.2) is 9.98 Å². The maximum Gasteiger partial charge on any atom is 0.255 e. The number of hydrogen-bond acceptors (Lipinski definition) is 6. The normalized spacial score (nSPS) is 11.1. The molecule has 0 fully saturated rings. The quantitative estimate of drug-likeness (QED) is 0.309. The van der Waals surface area contributed by atoms with Crippen LogP contribution >= 0.6 is 11.3 Å². The summed E-state index contributed by atoms with van der Waals surface area (Å²) in [6.45, 7) is 4.11. The first kappa shape index (κ1) is 20.5. The molecule has 1 aromatic carbocycles. The molecule has 1 heterocycles. The molecule has 2 aromatic rings. The second-order valence-electron chi connectivity index (χ2n) is 5.91. The first-order valence-corrected chi connectivity index (χ1v) is 9.59. The van der Waals surface area contributed by atoms with Gasteiger partial charge in [0.15, 0.2) is 11.1 Å². The fourth-order valence-corrected chi connectivity index (χ4v) is 2.94. The molecule has 0 spiro atoms. The van der Waals surface area contributed by atoms with Crippen molar-refractivity contribution in [2.45, 2.75) is 13.5 Å². The maximum atomic E-state index is 12.0. The fraction of sp³-hybridized carbons (Fsp3) is 0.389. The number of aromatic nitrogens is 1. The first-order valence-electron chi connectivity index (χ1n) is 8.71. The Balaban J connectivity index is 1.81. The van der Waals surface area contributed by atoms with Gasteiger partial charge in [0.2, 0.25) is 0 Å². The van der Waals surface area contributed by atoms with E-state index in [0.717, 1.165) is 17.4 Å². The highest BCUT2D eigenvalue weighted by Crippen LogP contribution is 2.18. The molecule has 1 amide bonds. The Morgan fingerprint density at radius 1 is 1.22 bits per heavy atom. The molecule has 0 aliphatic heterocycles. The van der Waals surface area contributed by atoms with Gasteiger partial charge in [-0.2, -0.15) is 0 Å². The summed E-state index contributed by atoms with van der Waals surface area (Å²) in [5, 5.41) is 21.7. The summed E-state index contributed by atoms with van der Waals surface area (Å²) in [6.07, 6.45) is 0. The lowest BCUT2D eigenvalue weighted by molar-refractivity contribution is 0.0951. The third-order valence-corrected chi connectivity index (χ3v) is 4.57. The summed E-state index contributed by atoms with van der Waals surface area (Å²) in [4.78, 5) is 23.0. The molecular formula is C18H26N6O2S. The Morgan fingerprint density at radius 2 is 1.96 bits per heavy atom. The molecule has 27 heavy (non-hydrogen) atoms. The lowest BCUT2D eigenvalue weighted by atomic mass is 10.2. The molecule has 0 saturated heterocycles. The van der Waals surface area contributed by atoms with Crippen LogP contribution in [0.15, 0.2) is 34.6 Å². The van der Waals surface area contributed by atoms with Gasteiger partial charge in [0, 0.05) is 39.1 Å². The molecule has 0 atom stereocenters. The number of hydrogen-bond donors (Lipinski definition) is 4. The van der Waals surface area contributed by atoms with E-state index in [2.05, 4.69) is 25.9 Å². The molecule has 0 unspecified atom stereocenters. The van der Waals surface area contributed by atoms with E-state index in [0.29, 0.717) is 25.6 Å². The molecule has 0 aliphatic rings. The maximum absolute atomic E-state index is 12.0. The van der Waals surface area contributed by atoms with E-state index in [1.54, 1.807) is 29.5 Å². The number of aromatic hydroxyl groups is 1. The summed E-state index contributed by atoms with van der Waals surface area (Å²) in [5.74, 6) is 0.322. The van der Waals surface area contributed by atoms with Crippen LogP contribution in [0.25, 0.3) is 0 Å². The molecule has 146 valence electrons. The van der Waals surface area contributed by atoms with E-state index >= 15 is 0 Å². The van der Waals surface area contributed by atoms with Crippen LogP contribution in [0.5, 0.6) is 5.75 Å². The number of carbonyl (C=O) groups excluding carboxylic acids is 1. The van der Waals surface area contributed by atoms with Crippen LogP contribution in [-0.4, -0.2) is 55.7 Å². The summed E-state index contributed by atoms with van der Waals surface area (Å²) in [5.41, 5.74) is 1.17. The van der Waals surface area contributed by atoms with Crippen LogP contribution in [0, 0.1) is 0 Å². The second kappa shape index (κ2) is 10.4. The summed E-state index contributed by atoms with van der Waals surface area (Å²) < 4.78 is 0. The fourth-order valence-electron chi connectivity index (χ4n) is 2.19. The largest absolute Gasteiger partial charge is 0.507 e. The van der Waals surface area contributed by atoms with Gasteiger partial charge in [-0.1, -0.05) is 12.1 Å². The van der Waals surface area contributed by atoms with Crippen LogP contribution in [-0.2, 0) is 6.54 Å². The van der Waals surface area contributed by atoms with Crippen molar-refractivity contribution in [1.82, 2.24) is 20.9 Å². The number of nitrogens with one attached hydrogen (secondary N) is 3. The zero-order valence-electron chi connectivity index (χ0n) is 15.8. The molecular weight excluding hydrogens is 364 g/mol. The SMILES string of the molecule is CCNC(=NCc1csc(N(C)C)n1)NCCNC(=O)c1ccccc1O. The topological polar surface area (TPSA) is 102 Å². The standard InChI is InChI=1S/C18H26N6O2S/c1-4-19-17(22-11-13-12-27-18(23-13)24(2)3)21-10-9-20-16(26)14-7-5-6-8-15(14)25/h5-8,12,25H,4,9-11H2,1-3H3,(H,20,26)(H2,19,21,22). The van der Waals surface area contributed by atoms with Crippen LogP contribution in [0.4, 0.5) is 5.13 Å². The molecule has 1 aromatic heterocycles. The molecule has 9 heteroatoms. The number of thiazole rings is 1. The third-order valence-electron chi connectivity index (χ3n) is 3.52. The predicted molar refractivity (Wildman–Crippen MR) is 110 cm³/mol. The van der Waals surface area contributed by atoms with Crippen LogP contribution in [0.3, 0.4) is 0 Å². The number of benzene rings is 1. The van der Waals surface area contributed by atoms with E-state index in [1.807, 2.05) is 31.3 Å². The van der Waals surface area contributed by atoms with E-state index in [4.69, 9.17) is 0 Å². The van der Waals surface area contributed by atoms with Gasteiger partial charge in [0.25, 0.3) is 5.91 Å². The zero-order chi connectivity index (χ0) is 19.6. The van der Waals surface area contributed by atoms with Gasteiger partial charge < -0.3 is 26.0 Å².